The molecule has 0 unspecified atom stereocenters. The highest BCUT2D eigenvalue weighted by Crippen LogP contribution is 2.37. The van der Waals surface area contributed by atoms with E-state index >= 15 is 0 Å². The van der Waals surface area contributed by atoms with Gasteiger partial charge in [-0.15, -0.1) is 11.3 Å². The predicted octanol–water partition coefficient (Wildman–Crippen LogP) is 3.69. The number of thiophene rings is 1. The molecule has 0 saturated carbocycles. The van der Waals surface area contributed by atoms with E-state index in [0.717, 1.165) is 3.79 Å². The summed E-state index contributed by atoms with van der Waals surface area (Å²) in [7, 11) is 0. The van der Waals surface area contributed by atoms with E-state index in [2.05, 4.69) is 21.2 Å². The monoisotopic (exact) mass is 367 g/mol. The van der Waals surface area contributed by atoms with Crippen LogP contribution < -0.4 is 14.8 Å². The first kappa shape index (κ1) is 14.1. The largest absolute Gasteiger partial charge is 0.454 e. The van der Waals surface area contributed by atoms with E-state index < -0.39 is 0 Å². The highest BCUT2D eigenvalue weighted by Gasteiger charge is 2.21. The van der Waals surface area contributed by atoms with Gasteiger partial charge in [-0.3, -0.25) is 9.59 Å². The highest BCUT2D eigenvalue weighted by atomic mass is 79.9. The number of hydrogen-bond donors (Lipinski definition) is 1. The Bertz CT molecular complexity index is 741. The minimum absolute atomic E-state index is 0.113. The average Bonchev–Trinajstić information content (AvgIpc) is 3.05. The minimum Gasteiger partial charge on any atom is -0.454 e. The fraction of sp³-hybridized carbons (Fsp3) is 0.143. The Hall–Kier alpha value is -1.86. The maximum Gasteiger partial charge on any atom is 0.265 e. The summed E-state index contributed by atoms with van der Waals surface area (Å²) in [6.45, 7) is 1.55. The Morgan fingerprint density at radius 1 is 1.24 bits per heavy atom. The molecule has 0 fully saturated rings. The second-order valence-electron chi connectivity index (χ2n) is 4.37. The third-order valence-corrected chi connectivity index (χ3v) is 4.56. The van der Waals surface area contributed by atoms with E-state index in [0.29, 0.717) is 27.6 Å². The molecule has 0 bridgehead atoms. The van der Waals surface area contributed by atoms with Gasteiger partial charge >= 0.3 is 0 Å². The third-order valence-electron chi connectivity index (χ3n) is 2.94. The first-order valence-electron chi connectivity index (χ1n) is 6.06. The first-order valence-corrected chi connectivity index (χ1v) is 7.67. The molecule has 0 saturated heterocycles. The number of fused-ring (bicyclic) bond motifs is 1. The molecule has 0 spiro atoms. The number of anilines is 1. The van der Waals surface area contributed by atoms with Crippen molar-refractivity contribution < 1.29 is 19.1 Å². The van der Waals surface area contributed by atoms with Crippen LogP contribution >= 0.6 is 27.3 Å². The van der Waals surface area contributed by atoms with Crippen molar-refractivity contribution in [3.05, 3.63) is 38.5 Å². The van der Waals surface area contributed by atoms with Gasteiger partial charge in [0.15, 0.2) is 17.3 Å². The number of carbonyl (C=O) groups is 2. The smallest absolute Gasteiger partial charge is 0.265 e. The molecule has 1 amide bonds. The predicted molar refractivity (Wildman–Crippen MR) is 82.5 cm³/mol. The molecule has 3 rings (SSSR count). The molecule has 1 aromatic carbocycles. The Morgan fingerprint density at radius 2 is 1.95 bits per heavy atom. The lowest BCUT2D eigenvalue weighted by molar-refractivity contribution is 0.101. The summed E-state index contributed by atoms with van der Waals surface area (Å²) in [5.74, 6) is 0.600. The van der Waals surface area contributed by atoms with Crippen molar-refractivity contribution in [3.63, 3.8) is 0 Å². The summed E-state index contributed by atoms with van der Waals surface area (Å²) >= 11 is 4.63. The molecule has 1 N–H and O–H groups in total. The fourth-order valence-electron chi connectivity index (χ4n) is 1.96. The number of ketones is 1. The molecule has 1 aliphatic heterocycles. The van der Waals surface area contributed by atoms with Crippen LogP contribution in [0.2, 0.25) is 0 Å². The number of hydrogen-bond acceptors (Lipinski definition) is 5. The number of nitrogens with one attached hydrogen (secondary N) is 1. The number of carbonyl (C=O) groups excluding carboxylic acids is 2. The van der Waals surface area contributed by atoms with Crippen LogP contribution in [-0.2, 0) is 0 Å². The highest BCUT2D eigenvalue weighted by molar-refractivity contribution is 9.11. The van der Waals surface area contributed by atoms with Crippen LogP contribution in [0.3, 0.4) is 0 Å². The molecule has 1 aromatic heterocycles. The van der Waals surface area contributed by atoms with Gasteiger partial charge in [0, 0.05) is 11.6 Å². The molecule has 2 aromatic rings. The van der Waals surface area contributed by atoms with Gasteiger partial charge in [-0.05, 0) is 41.1 Å². The molecule has 0 atom stereocenters. The van der Waals surface area contributed by atoms with E-state index in [9.17, 15) is 9.59 Å². The van der Waals surface area contributed by atoms with Crippen molar-refractivity contribution in [2.75, 3.05) is 12.1 Å². The maximum atomic E-state index is 12.2. The summed E-state index contributed by atoms with van der Waals surface area (Å²) in [5.41, 5.74) is 0.810. The Balaban J connectivity index is 1.94. The molecule has 2 heterocycles. The number of ether oxygens (including phenoxy) is 2. The number of rotatable bonds is 3. The van der Waals surface area contributed by atoms with Gasteiger partial charge in [0.25, 0.3) is 5.91 Å². The third kappa shape index (κ3) is 2.79. The van der Waals surface area contributed by atoms with Crippen LogP contribution in [0.5, 0.6) is 11.5 Å². The van der Waals surface area contributed by atoms with Crippen LogP contribution in [0.4, 0.5) is 5.69 Å². The van der Waals surface area contributed by atoms with Crippen molar-refractivity contribution in [1.82, 2.24) is 0 Å². The Morgan fingerprint density at radius 3 is 2.57 bits per heavy atom. The molecular formula is C14H10BrNO4S. The molecule has 108 valence electrons. The molecule has 0 radical (unpaired) electrons. The van der Waals surface area contributed by atoms with Gasteiger partial charge in [0.2, 0.25) is 6.79 Å². The lowest BCUT2D eigenvalue weighted by Crippen LogP contribution is -2.13. The van der Waals surface area contributed by atoms with Gasteiger partial charge in [-0.2, -0.15) is 0 Å². The Kier molecular flexibility index (Phi) is 3.69. The molecule has 7 heteroatoms. The summed E-state index contributed by atoms with van der Waals surface area (Å²) in [5, 5.41) is 2.75. The van der Waals surface area contributed by atoms with Gasteiger partial charge in [0.05, 0.1) is 14.4 Å². The van der Waals surface area contributed by atoms with Crippen LogP contribution in [-0.4, -0.2) is 18.5 Å². The Labute approximate surface area is 133 Å². The number of benzene rings is 1. The van der Waals surface area contributed by atoms with E-state index in [1.165, 1.54) is 18.3 Å². The van der Waals surface area contributed by atoms with Crippen molar-refractivity contribution in [2.45, 2.75) is 6.92 Å². The SMILES string of the molecule is CC(=O)c1cc2c(cc1NC(=O)c1ccc(Br)s1)OCO2. The molecule has 5 nitrogen and oxygen atoms in total. The van der Waals surface area contributed by atoms with Crippen LogP contribution in [0.15, 0.2) is 28.1 Å². The zero-order valence-electron chi connectivity index (χ0n) is 10.9. The standard InChI is InChI=1S/C14H10BrNO4S/c1-7(17)8-4-10-11(20-6-19-10)5-9(8)16-14(18)12-2-3-13(15)21-12/h2-5H,6H2,1H3,(H,16,18). The van der Waals surface area contributed by atoms with Gasteiger partial charge in [-0.25, -0.2) is 0 Å². The summed E-state index contributed by atoms with van der Waals surface area (Å²) < 4.78 is 11.4. The number of Topliss-reactive ketones (excluding diaryl/α,β-unsaturated/α-hetero) is 1. The van der Waals surface area contributed by atoms with Gasteiger partial charge in [0.1, 0.15) is 0 Å². The van der Waals surface area contributed by atoms with Crippen molar-refractivity contribution in [3.8, 4) is 11.5 Å². The number of amides is 1. The van der Waals surface area contributed by atoms with E-state index in [4.69, 9.17) is 9.47 Å². The zero-order valence-corrected chi connectivity index (χ0v) is 13.3. The molecule has 0 aliphatic carbocycles. The summed E-state index contributed by atoms with van der Waals surface area (Å²) in [6.07, 6.45) is 0. The second-order valence-corrected chi connectivity index (χ2v) is 6.83. The summed E-state index contributed by atoms with van der Waals surface area (Å²) in [6, 6.07) is 6.71. The van der Waals surface area contributed by atoms with E-state index in [-0.39, 0.29) is 18.5 Å². The zero-order chi connectivity index (χ0) is 15.0. The quantitative estimate of drug-likeness (QED) is 0.840. The first-order chi connectivity index (χ1) is 10.0. The van der Waals surface area contributed by atoms with Crippen LogP contribution in [0, 0.1) is 0 Å². The lowest BCUT2D eigenvalue weighted by Gasteiger charge is -2.09. The maximum absolute atomic E-state index is 12.2. The molecule has 21 heavy (non-hydrogen) atoms. The minimum atomic E-state index is -0.271. The topological polar surface area (TPSA) is 64.6 Å². The van der Waals surface area contributed by atoms with Crippen LogP contribution in [0.25, 0.3) is 0 Å². The van der Waals surface area contributed by atoms with Crippen molar-refractivity contribution in [2.24, 2.45) is 0 Å². The lowest BCUT2D eigenvalue weighted by atomic mass is 10.1. The molecular weight excluding hydrogens is 358 g/mol. The van der Waals surface area contributed by atoms with E-state index in [1.54, 1.807) is 24.3 Å². The van der Waals surface area contributed by atoms with E-state index in [1.807, 2.05) is 0 Å². The average molecular weight is 368 g/mol. The molecule has 1 aliphatic rings. The summed E-state index contributed by atoms with van der Waals surface area (Å²) in [4.78, 5) is 24.5. The van der Waals surface area contributed by atoms with Crippen molar-refractivity contribution >= 4 is 44.6 Å². The van der Waals surface area contributed by atoms with Gasteiger partial charge in [-0.1, -0.05) is 0 Å². The van der Waals surface area contributed by atoms with Crippen molar-refractivity contribution in [1.29, 1.82) is 0 Å². The van der Waals surface area contributed by atoms with Crippen LogP contribution in [0.1, 0.15) is 27.0 Å². The normalized spacial score (nSPS) is 12.3. The second kappa shape index (κ2) is 5.50. The fourth-order valence-corrected chi connectivity index (χ4v) is 3.24. The number of halogens is 1. The van der Waals surface area contributed by atoms with Gasteiger partial charge < -0.3 is 14.8 Å².